The first kappa shape index (κ1) is 13.1. The van der Waals surface area contributed by atoms with Crippen LogP contribution in [0.5, 0.6) is 0 Å². The van der Waals surface area contributed by atoms with Crippen molar-refractivity contribution in [1.29, 1.82) is 0 Å². The summed E-state index contributed by atoms with van der Waals surface area (Å²) >= 11 is 0. The van der Waals surface area contributed by atoms with E-state index in [-0.39, 0.29) is 0 Å². The molecule has 0 aromatic heterocycles. The minimum absolute atomic E-state index is 0.410. The van der Waals surface area contributed by atoms with Gasteiger partial charge >= 0.3 is 0 Å². The molecule has 4 nitrogen and oxygen atoms in total. The van der Waals surface area contributed by atoms with Crippen LogP contribution in [0.25, 0.3) is 0 Å². The molecule has 98 valence electrons. The summed E-state index contributed by atoms with van der Waals surface area (Å²) in [5, 5.41) is 0.410. The maximum atomic E-state index is 12.0. The van der Waals surface area contributed by atoms with Crippen molar-refractivity contribution in [2.45, 2.75) is 19.9 Å². The Morgan fingerprint density at radius 2 is 2.00 bits per heavy atom. The van der Waals surface area contributed by atoms with Crippen molar-refractivity contribution in [2.24, 2.45) is 0 Å². The average molecular weight is 266 g/mol. The highest BCUT2D eigenvalue weighted by atomic mass is 32.2. The van der Waals surface area contributed by atoms with Crippen LogP contribution < -0.4 is 4.72 Å². The Labute approximate surface area is 108 Å². The fourth-order valence-corrected chi connectivity index (χ4v) is 3.45. The minimum Gasteiger partial charge on any atom is -0.357 e. The lowest BCUT2D eigenvalue weighted by molar-refractivity contribution is 0.384. The van der Waals surface area contributed by atoms with Gasteiger partial charge in [-0.25, -0.2) is 13.1 Å². The number of sulfonamides is 1. The van der Waals surface area contributed by atoms with Crippen LogP contribution in [0.4, 0.5) is 0 Å². The Balaban J connectivity index is 2.13. The molecular formula is C13H18N2O2S. The first-order valence-electron chi connectivity index (χ1n) is 6.12. The van der Waals surface area contributed by atoms with Crippen LogP contribution in [-0.2, 0) is 16.6 Å². The van der Waals surface area contributed by atoms with E-state index in [2.05, 4.69) is 4.72 Å². The van der Waals surface area contributed by atoms with Crippen LogP contribution in [0.3, 0.4) is 0 Å². The third kappa shape index (κ3) is 2.91. The van der Waals surface area contributed by atoms with Gasteiger partial charge < -0.3 is 4.90 Å². The van der Waals surface area contributed by atoms with Gasteiger partial charge in [0, 0.05) is 19.6 Å². The summed E-state index contributed by atoms with van der Waals surface area (Å²) in [6.45, 7) is 3.60. The molecule has 0 amide bonds. The zero-order valence-corrected chi connectivity index (χ0v) is 11.3. The van der Waals surface area contributed by atoms with Gasteiger partial charge in [-0.1, -0.05) is 37.3 Å². The lowest BCUT2D eigenvalue weighted by Crippen LogP contribution is -2.32. The van der Waals surface area contributed by atoms with Gasteiger partial charge in [-0.2, -0.15) is 0 Å². The van der Waals surface area contributed by atoms with Gasteiger partial charge in [0.15, 0.2) is 0 Å². The van der Waals surface area contributed by atoms with Gasteiger partial charge in [-0.3, -0.25) is 0 Å². The van der Waals surface area contributed by atoms with Crippen molar-refractivity contribution in [3.05, 3.63) is 47.0 Å². The van der Waals surface area contributed by atoms with Gasteiger partial charge in [0.25, 0.3) is 10.0 Å². The molecule has 1 aliphatic heterocycles. The Bertz CT molecular complexity index is 523. The van der Waals surface area contributed by atoms with Gasteiger partial charge in [0.1, 0.15) is 5.03 Å². The Morgan fingerprint density at radius 3 is 2.67 bits per heavy atom. The van der Waals surface area contributed by atoms with Crippen molar-refractivity contribution in [1.82, 2.24) is 9.62 Å². The van der Waals surface area contributed by atoms with E-state index >= 15 is 0 Å². The third-order valence-electron chi connectivity index (χ3n) is 2.86. The van der Waals surface area contributed by atoms with Gasteiger partial charge in [-0.05, 0) is 18.1 Å². The third-order valence-corrected chi connectivity index (χ3v) is 4.50. The van der Waals surface area contributed by atoms with E-state index in [1.54, 1.807) is 13.0 Å². The first-order valence-corrected chi connectivity index (χ1v) is 7.60. The molecule has 0 fully saturated rings. The molecule has 0 radical (unpaired) electrons. The van der Waals surface area contributed by atoms with E-state index in [0.29, 0.717) is 18.1 Å². The molecular weight excluding hydrogens is 248 g/mol. The number of rotatable bonds is 5. The van der Waals surface area contributed by atoms with Crippen LogP contribution in [0.2, 0.25) is 0 Å². The monoisotopic (exact) mass is 266 g/mol. The predicted octanol–water partition coefficient (Wildman–Crippen LogP) is 1.67. The fourth-order valence-electron chi connectivity index (χ4n) is 2.09. The lowest BCUT2D eigenvalue weighted by Gasteiger charge is -2.22. The van der Waals surface area contributed by atoms with Crippen molar-refractivity contribution >= 4 is 10.0 Å². The zero-order chi connectivity index (χ0) is 13.0. The number of nitrogens with one attached hydrogen (secondary N) is 1. The quantitative estimate of drug-likeness (QED) is 0.882. The van der Waals surface area contributed by atoms with Crippen molar-refractivity contribution in [3.63, 3.8) is 0 Å². The number of benzene rings is 1. The Morgan fingerprint density at radius 1 is 1.28 bits per heavy atom. The summed E-state index contributed by atoms with van der Waals surface area (Å²) in [6.07, 6.45) is 2.58. The van der Waals surface area contributed by atoms with Crippen molar-refractivity contribution in [2.75, 3.05) is 13.1 Å². The van der Waals surface area contributed by atoms with Crippen LogP contribution in [0.1, 0.15) is 18.9 Å². The number of nitrogens with zero attached hydrogens (tertiary/aromatic N) is 1. The molecule has 1 aromatic rings. The molecule has 1 aromatic carbocycles. The molecule has 0 bridgehead atoms. The van der Waals surface area contributed by atoms with Crippen LogP contribution in [-0.4, -0.2) is 26.4 Å². The topological polar surface area (TPSA) is 49.4 Å². The van der Waals surface area contributed by atoms with Crippen LogP contribution in [0.15, 0.2) is 41.4 Å². The van der Waals surface area contributed by atoms with Gasteiger partial charge in [0.2, 0.25) is 0 Å². The second kappa shape index (κ2) is 5.54. The summed E-state index contributed by atoms with van der Waals surface area (Å²) in [4.78, 5) is 1.91. The maximum Gasteiger partial charge on any atom is 0.255 e. The largest absolute Gasteiger partial charge is 0.357 e. The maximum absolute atomic E-state index is 12.0. The molecule has 0 saturated carbocycles. The van der Waals surface area contributed by atoms with E-state index in [9.17, 15) is 8.42 Å². The molecule has 0 saturated heterocycles. The molecule has 0 unspecified atom stereocenters. The van der Waals surface area contributed by atoms with Gasteiger partial charge in [-0.15, -0.1) is 0 Å². The predicted molar refractivity (Wildman–Crippen MR) is 72.1 cm³/mol. The standard InChI is InChI=1S/C13H18N2O2S/c1-2-14-18(16,17)13-9-6-10-15(13)11-12-7-4-3-5-8-12/h3-5,7-9,14H,2,6,10-11H2,1H3. The second-order valence-electron chi connectivity index (χ2n) is 4.24. The molecule has 0 atom stereocenters. The van der Waals surface area contributed by atoms with Gasteiger partial charge in [0.05, 0.1) is 0 Å². The molecule has 2 rings (SSSR count). The molecule has 1 heterocycles. The van der Waals surface area contributed by atoms with E-state index < -0.39 is 10.0 Å². The second-order valence-corrected chi connectivity index (χ2v) is 5.95. The normalized spacial score (nSPS) is 15.8. The molecule has 0 spiro atoms. The smallest absolute Gasteiger partial charge is 0.255 e. The van der Waals surface area contributed by atoms with E-state index in [0.717, 1.165) is 18.5 Å². The highest BCUT2D eigenvalue weighted by molar-refractivity contribution is 7.93. The van der Waals surface area contributed by atoms with E-state index in [4.69, 9.17) is 0 Å². The Kier molecular flexibility index (Phi) is 4.04. The first-order chi connectivity index (χ1) is 8.63. The highest BCUT2D eigenvalue weighted by Gasteiger charge is 2.26. The zero-order valence-electron chi connectivity index (χ0n) is 10.5. The molecule has 5 heteroatoms. The summed E-state index contributed by atoms with van der Waals surface area (Å²) in [5.74, 6) is 0. The summed E-state index contributed by atoms with van der Waals surface area (Å²) in [7, 11) is -3.34. The fraction of sp³-hybridized carbons (Fsp3) is 0.385. The molecule has 0 aliphatic carbocycles. The van der Waals surface area contributed by atoms with Crippen molar-refractivity contribution < 1.29 is 8.42 Å². The Hall–Kier alpha value is -1.33. The lowest BCUT2D eigenvalue weighted by atomic mass is 10.2. The highest BCUT2D eigenvalue weighted by Crippen LogP contribution is 2.22. The summed E-state index contributed by atoms with van der Waals surface area (Å²) in [6, 6.07) is 9.91. The number of hydrogen-bond donors (Lipinski definition) is 1. The summed E-state index contributed by atoms with van der Waals surface area (Å²) in [5.41, 5.74) is 1.12. The summed E-state index contributed by atoms with van der Waals surface area (Å²) < 4.78 is 26.6. The molecule has 1 aliphatic rings. The van der Waals surface area contributed by atoms with E-state index in [1.807, 2.05) is 35.2 Å². The minimum atomic E-state index is -3.34. The van der Waals surface area contributed by atoms with E-state index in [1.165, 1.54) is 0 Å². The molecule has 18 heavy (non-hydrogen) atoms. The number of hydrogen-bond acceptors (Lipinski definition) is 3. The van der Waals surface area contributed by atoms with Crippen molar-refractivity contribution in [3.8, 4) is 0 Å². The van der Waals surface area contributed by atoms with Crippen LogP contribution >= 0.6 is 0 Å². The SMILES string of the molecule is CCNS(=O)(=O)C1=CCCN1Cc1ccccc1. The molecule has 1 N–H and O–H groups in total. The average Bonchev–Trinajstić information content (AvgIpc) is 2.79. The van der Waals surface area contributed by atoms with Crippen LogP contribution in [0, 0.1) is 0 Å².